The minimum atomic E-state index is -1.38. The smallest absolute Gasteiger partial charge is 0.255 e. The van der Waals surface area contributed by atoms with Gasteiger partial charge in [0.1, 0.15) is 11.4 Å². The highest BCUT2D eigenvalue weighted by molar-refractivity contribution is 7.99. The number of nitrogens with two attached hydrogens (primary N) is 2. The first-order valence-corrected chi connectivity index (χ1v) is 13.8. The molecule has 2 aromatic rings. The van der Waals surface area contributed by atoms with Crippen molar-refractivity contribution in [3.8, 4) is 5.75 Å². The highest BCUT2D eigenvalue weighted by atomic mass is 32.2. The molecule has 0 unspecified atom stereocenters. The number of rotatable bonds is 10. The average Bonchev–Trinajstić information content (AvgIpc) is 2.86. The first kappa shape index (κ1) is 32.5. The number of methoxy groups -OCH3 is 1. The van der Waals surface area contributed by atoms with Crippen molar-refractivity contribution in [3.63, 3.8) is 0 Å². The molecule has 2 rings (SSSR count). The molecule has 0 aliphatic heterocycles. The number of hydrogen-bond acceptors (Lipinski definition) is 9. The van der Waals surface area contributed by atoms with Gasteiger partial charge in [-0.3, -0.25) is 15.2 Å². The van der Waals surface area contributed by atoms with Crippen LogP contribution in [0.25, 0.3) is 0 Å². The van der Waals surface area contributed by atoms with Crippen LogP contribution in [0.5, 0.6) is 5.75 Å². The SMILES string of the molecule is C=C(/C(N)=C/N(N)c1cc(C(=O)Nc2cc(C(C)(C)C)cc(NSC)c2OC)ccc1C)N(C)C(=N)C(C)(C)O. The number of likely N-dealkylation sites (N-methyl/N-ethyl adjacent to an activating group) is 1. The number of carbonyl (C=O) groups excluding carboxylic acids is 1. The average molecular weight is 570 g/mol. The Kier molecular flexibility index (Phi) is 10.3. The monoisotopic (exact) mass is 569 g/mol. The Morgan fingerprint density at radius 3 is 2.30 bits per heavy atom. The van der Waals surface area contributed by atoms with E-state index in [1.807, 2.05) is 25.3 Å². The van der Waals surface area contributed by atoms with E-state index in [1.54, 1.807) is 32.4 Å². The van der Waals surface area contributed by atoms with Crippen LogP contribution in [0.2, 0.25) is 0 Å². The first-order valence-electron chi connectivity index (χ1n) is 12.6. The van der Waals surface area contributed by atoms with Crippen molar-refractivity contribution in [1.29, 1.82) is 5.41 Å². The van der Waals surface area contributed by atoms with Crippen LogP contribution in [0.3, 0.4) is 0 Å². The third-order valence-electron chi connectivity index (χ3n) is 6.30. The number of ether oxygens (including phenoxy) is 1. The number of nitrogens with one attached hydrogen (secondary N) is 3. The summed E-state index contributed by atoms with van der Waals surface area (Å²) in [5.41, 5.74) is 9.23. The lowest BCUT2D eigenvalue weighted by molar-refractivity contribution is 0.102. The topological polar surface area (TPSA) is 153 Å². The molecule has 40 heavy (non-hydrogen) atoms. The number of nitrogens with zero attached hydrogens (tertiary/aromatic N) is 2. The Bertz CT molecular complexity index is 1310. The molecule has 8 N–H and O–H groups in total. The molecule has 218 valence electrons. The summed E-state index contributed by atoms with van der Waals surface area (Å²) in [6.07, 6.45) is 3.37. The summed E-state index contributed by atoms with van der Waals surface area (Å²) in [5.74, 6) is 6.45. The fourth-order valence-corrected chi connectivity index (χ4v) is 4.19. The van der Waals surface area contributed by atoms with E-state index >= 15 is 0 Å². The summed E-state index contributed by atoms with van der Waals surface area (Å²) >= 11 is 1.43. The van der Waals surface area contributed by atoms with E-state index < -0.39 is 5.60 Å². The third kappa shape index (κ3) is 7.71. The lowest BCUT2D eigenvalue weighted by Gasteiger charge is -2.30. The van der Waals surface area contributed by atoms with E-state index in [0.29, 0.717) is 22.7 Å². The largest absolute Gasteiger partial charge is 0.492 e. The van der Waals surface area contributed by atoms with Gasteiger partial charge in [-0.2, -0.15) is 0 Å². The minimum absolute atomic E-state index is 0.0749. The summed E-state index contributed by atoms with van der Waals surface area (Å²) in [5, 5.41) is 22.6. The van der Waals surface area contributed by atoms with Gasteiger partial charge in [-0.25, -0.2) is 5.84 Å². The van der Waals surface area contributed by atoms with Crippen LogP contribution in [0, 0.1) is 12.3 Å². The van der Waals surface area contributed by atoms with E-state index in [2.05, 4.69) is 37.4 Å². The van der Waals surface area contributed by atoms with Crippen molar-refractivity contribution < 1.29 is 14.6 Å². The maximum atomic E-state index is 13.4. The zero-order chi connectivity index (χ0) is 30.6. The number of hydrogen-bond donors (Lipinski definition) is 6. The van der Waals surface area contributed by atoms with Gasteiger partial charge in [-0.05, 0) is 61.6 Å². The fourth-order valence-electron chi connectivity index (χ4n) is 3.82. The number of aliphatic hydroxyl groups is 1. The molecule has 0 aliphatic carbocycles. The third-order valence-corrected chi connectivity index (χ3v) is 6.72. The number of amidine groups is 1. The molecule has 11 heteroatoms. The summed E-state index contributed by atoms with van der Waals surface area (Å²) in [7, 11) is 3.15. The standard InChI is InChI=1S/C29H43N7O3S/c1-17-11-12-19(13-24(17)36(32)16-21(30)18(2)35(8)27(31)29(6,7)38)26(37)33-22-14-20(28(3,4)5)15-23(34-40-10)25(22)39-9/h11-16,31,34,38H,2,30,32H2,1,3-10H3,(H,33,37)/b21-16-,31-27?. The lowest BCUT2D eigenvalue weighted by atomic mass is 9.86. The Morgan fingerprint density at radius 2 is 1.77 bits per heavy atom. The van der Waals surface area contributed by atoms with Crippen LogP contribution >= 0.6 is 11.9 Å². The first-order chi connectivity index (χ1) is 18.4. The van der Waals surface area contributed by atoms with Crippen molar-refractivity contribution in [3.05, 3.63) is 71.2 Å². The molecule has 10 nitrogen and oxygen atoms in total. The van der Waals surface area contributed by atoms with Crippen LogP contribution in [0.1, 0.15) is 56.1 Å². The van der Waals surface area contributed by atoms with E-state index in [4.69, 9.17) is 21.7 Å². The number of aryl methyl sites for hydroxylation is 1. The molecule has 0 aromatic heterocycles. The van der Waals surface area contributed by atoms with Gasteiger partial charge in [0.25, 0.3) is 5.91 Å². The molecule has 2 aromatic carbocycles. The molecule has 0 spiro atoms. The van der Waals surface area contributed by atoms with Crippen molar-refractivity contribution >= 4 is 40.8 Å². The highest BCUT2D eigenvalue weighted by Crippen LogP contribution is 2.39. The number of anilines is 3. The second-order valence-electron chi connectivity index (χ2n) is 11.0. The quantitative estimate of drug-likeness (QED) is 0.0585. The Morgan fingerprint density at radius 1 is 1.18 bits per heavy atom. The number of amides is 1. The van der Waals surface area contributed by atoms with E-state index in [0.717, 1.165) is 16.8 Å². The molecule has 0 bridgehead atoms. The second-order valence-corrected chi connectivity index (χ2v) is 11.6. The molecule has 0 fully saturated rings. The van der Waals surface area contributed by atoms with Crippen molar-refractivity contribution in [1.82, 2.24) is 4.90 Å². The molecule has 0 radical (unpaired) electrons. The lowest BCUT2D eigenvalue weighted by Crippen LogP contribution is -2.43. The Labute approximate surface area is 242 Å². The predicted molar refractivity (Wildman–Crippen MR) is 168 cm³/mol. The molecular formula is C29H43N7O3S. The van der Waals surface area contributed by atoms with Crippen molar-refractivity contribution in [2.45, 2.75) is 52.6 Å². The molecule has 0 saturated heterocycles. The second kappa shape index (κ2) is 12.7. The number of hydrazine groups is 1. The highest BCUT2D eigenvalue weighted by Gasteiger charge is 2.25. The molecule has 0 aliphatic rings. The molecule has 0 heterocycles. The van der Waals surface area contributed by atoms with Crippen LogP contribution in [0.15, 0.2) is 54.5 Å². The van der Waals surface area contributed by atoms with Gasteiger partial charge in [0.2, 0.25) is 0 Å². The van der Waals surface area contributed by atoms with E-state index in [-0.39, 0.29) is 28.6 Å². The van der Waals surface area contributed by atoms with Gasteiger partial charge in [0.05, 0.1) is 35.6 Å². The van der Waals surface area contributed by atoms with E-state index in [9.17, 15) is 9.90 Å². The fraction of sp³-hybridized carbons (Fsp3) is 0.379. The van der Waals surface area contributed by atoms with Crippen LogP contribution in [-0.2, 0) is 5.41 Å². The summed E-state index contributed by atoms with van der Waals surface area (Å²) < 4.78 is 8.89. The Hall–Kier alpha value is -3.67. The molecular weight excluding hydrogens is 526 g/mol. The maximum Gasteiger partial charge on any atom is 0.255 e. The van der Waals surface area contributed by atoms with Gasteiger partial charge < -0.3 is 30.5 Å². The summed E-state index contributed by atoms with van der Waals surface area (Å²) in [6.45, 7) is 15.1. The molecule has 0 atom stereocenters. The predicted octanol–water partition coefficient (Wildman–Crippen LogP) is 4.92. The van der Waals surface area contributed by atoms with Crippen LogP contribution < -0.4 is 31.4 Å². The zero-order valence-corrected chi connectivity index (χ0v) is 25.7. The maximum absolute atomic E-state index is 13.4. The minimum Gasteiger partial charge on any atom is -0.492 e. The molecule has 0 saturated carbocycles. The molecule has 1 amide bonds. The summed E-state index contributed by atoms with van der Waals surface area (Å²) in [4.78, 5) is 14.8. The van der Waals surface area contributed by atoms with Gasteiger partial charge >= 0.3 is 0 Å². The van der Waals surface area contributed by atoms with Crippen molar-refractivity contribution in [2.24, 2.45) is 11.6 Å². The van der Waals surface area contributed by atoms with Gasteiger partial charge in [0.15, 0.2) is 5.75 Å². The summed E-state index contributed by atoms with van der Waals surface area (Å²) in [6, 6.07) is 9.12. The normalized spacial score (nSPS) is 12.0. The van der Waals surface area contributed by atoms with E-state index in [1.165, 1.54) is 41.9 Å². The number of carbonyl (C=O) groups is 1. The Balaban J connectivity index is 2.41. The van der Waals surface area contributed by atoms with Gasteiger partial charge in [-0.15, -0.1) is 0 Å². The van der Waals surface area contributed by atoms with Gasteiger partial charge in [0, 0.05) is 25.1 Å². The zero-order valence-electron chi connectivity index (χ0n) is 24.9. The van der Waals surface area contributed by atoms with Crippen molar-refractivity contribution in [2.75, 3.05) is 35.5 Å². The van der Waals surface area contributed by atoms with Crippen LogP contribution in [0.4, 0.5) is 17.1 Å². The number of benzene rings is 2. The van der Waals surface area contributed by atoms with Gasteiger partial charge in [-0.1, -0.05) is 45.4 Å². The van der Waals surface area contributed by atoms with Crippen LogP contribution in [-0.4, -0.2) is 47.8 Å².